The predicted octanol–water partition coefficient (Wildman–Crippen LogP) is 2.82. The largest absolute Gasteiger partial charge is 0.482 e. The average molecular weight is 504 g/mol. The summed E-state index contributed by atoms with van der Waals surface area (Å²) in [6, 6.07) is 7.72. The molecule has 2 aliphatic heterocycles. The number of para-hydroxylation sites is 2. The molecule has 0 aliphatic carbocycles. The third-order valence-electron chi connectivity index (χ3n) is 4.76. The number of anilines is 1. The summed E-state index contributed by atoms with van der Waals surface area (Å²) in [6.45, 7) is 5.92. The SMILES string of the molecule is CCC1CN(C(=NC)NCCCN2C(=O)COc3ccccc32)CCS1.I. The van der Waals surface area contributed by atoms with Crippen LogP contribution in [-0.4, -0.2) is 67.6 Å². The first-order valence-corrected chi connectivity index (χ1v) is 10.4. The maximum Gasteiger partial charge on any atom is 0.265 e. The van der Waals surface area contributed by atoms with Crippen LogP contribution in [0.5, 0.6) is 5.75 Å². The zero-order valence-electron chi connectivity index (χ0n) is 16.0. The molecule has 1 aromatic carbocycles. The summed E-state index contributed by atoms with van der Waals surface area (Å²) in [5, 5.41) is 4.14. The number of thioether (sulfide) groups is 1. The number of rotatable bonds is 5. The fraction of sp³-hybridized carbons (Fsp3) is 0.579. The molecule has 1 aromatic rings. The quantitative estimate of drug-likeness (QED) is 0.289. The smallest absolute Gasteiger partial charge is 0.265 e. The molecule has 0 spiro atoms. The third kappa shape index (κ3) is 5.66. The molecule has 1 N–H and O–H groups in total. The van der Waals surface area contributed by atoms with Gasteiger partial charge in [0, 0.05) is 44.2 Å². The van der Waals surface area contributed by atoms with Crippen LogP contribution < -0.4 is 15.0 Å². The minimum Gasteiger partial charge on any atom is -0.482 e. The van der Waals surface area contributed by atoms with Gasteiger partial charge < -0.3 is 19.9 Å². The van der Waals surface area contributed by atoms with Crippen molar-refractivity contribution in [2.75, 3.05) is 50.5 Å². The fourth-order valence-electron chi connectivity index (χ4n) is 3.33. The second-order valence-corrected chi connectivity index (χ2v) is 7.88. The van der Waals surface area contributed by atoms with Crippen molar-refractivity contribution in [2.24, 2.45) is 4.99 Å². The van der Waals surface area contributed by atoms with Crippen LogP contribution in [0.1, 0.15) is 19.8 Å². The van der Waals surface area contributed by atoms with Gasteiger partial charge in [0.25, 0.3) is 5.91 Å². The molecule has 6 nitrogen and oxygen atoms in total. The number of halogens is 1. The van der Waals surface area contributed by atoms with Crippen molar-refractivity contribution >= 4 is 53.3 Å². The highest BCUT2D eigenvalue weighted by atomic mass is 127. The molecular weight excluding hydrogens is 475 g/mol. The second kappa shape index (κ2) is 11.0. The maximum atomic E-state index is 12.2. The van der Waals surface area contributed by atoms with Crippen molar-refractivity contribution in [1.82, 2.24) is 10.2 Å². The van der Waals surface area contributed by atoms with Crippen LogP contribution in [0, 0.1) is 0 Å². The fourth-order valence-corrected chi connectivity index (χ4v) is 4.51. The summed E-state index contributed by atoms with van der Waals surface area (Å²) in [4.78, 5) is 20.8. The van der Waals surface area contributed by atoms with E-state index in [0.717, 1.165) is 49.2 Å². The van der Waals surface area contributed by atoms with Crippen molar-refractivity contribution < 1.29 is 9.53 Å². The molecule has 2 heterocycles. The van der Waals surface area contributed by atoms with Gasteiger partial charge in [-0.2, -0.15) is 11.8 Å². The molecule has 0 radical (unpaired) electrons. The molecule has 1 unspecified atom stereocenters. The Morgan fingerprint density at radius 1 is 1.41 bits per heavy atom. The number of guanidine groups is 1. The van der Waals surface area contributed by atoms with E-state index in [1.807, 2.05) is 36.2 Å². The van der Waals surface area contributed by atoms with Gasteiger partial charge in [-0.15, -0.1) is 24.0 Å². The monoisotopic (exact) mass is 504 g/mol. The van der Waals surface area contributed by atoms with E-state index in [9.17, 15) is 4.79 Å². The van der Waals surface area contributed by atoms with Gasteiger partial charge in [0.05, 0.1) is 5.69 Å². The lowest BCUT2D eigenvalue weighted by atomic mass is 10.2. The highest BCUT2D eigenvalue weighted by molar-refractivity contribution is 14.0. The number of fused-ring (bicyclic) bond motifs is 1. The van der Waals surface area contributed by atoms with Crippen molar-refractivity contribution in [3.63, 3.8) is 0 Å². The van der Waals surface area contributed by atoms with Gasteiger partial charge in [-0.05, 0) is 25.0 Å². The third-order valence-corrected chi connectivity index (χ3v) is 6.13. The molecule has 1 fully saturated rings. The van der Waals surface area contributed by atoms with Crippen molar-refractivity contribution in [3.8, 4) is 5.75 Å². The number of carbonyl (C=O) groups is 1. The van der Waals surface area contributed by atoms with Gasteiger partial charge >= 0.3 is 0 Å². The average Bonchev–Trinajstić information content (AvgIpc) is 2.69. The van der Waals surface area contributed by atoms with Crippen LogP contribution in [0.4, 0.5) is 5.69 Å². The maximum absolute atomic E-state index is 12.2. The summed E-state index contributed by atoms with van der Waals surface area (Å²) in [5.74, 6) is 2.93. The molecule has 0 bridgehead atoms. The van der Waals surface area contributed by atoms with Crippen molar-refractivity contribution in [1.29, 1.82) is 0 Å². The Morgan fingerprint density at radius 3 is 3.00 bits per heavy atom. The lowest BCUT2D eigenvalue weighted by Crippen LogP contribution is -2.48. The normalized spacial score (nSPS) is 19.9. The molecule has 8 heteroatoms. The lowest BCUT2D eigenvalue weighted by molar-refractivity contribution is -0.121. The minimum absolute atomic E-state index is 0. The number of hydrogen-bond donors (Lipinski definition) is 1. The molecule has 1 atom stereocenters. The zero-order valence-corrected chi connectivity index (χ0v) is 19.2. The minimum atomic E-state index is 0. The lowest BCUT2D eigenvalue weighted by Gasteiger charge is -2.34. The number of nitrogens with zero attached hydrogens (tertiary/aromatic N) is 3. The standard InChI is InChI=1S/C19H28N4O2S.HI/c1-3-15-13-22(11-12-26-15)19(20-2)21-9-6-10-23-16-7-4-5-8-17(16)25-14-18(23)24;/h4-5,7-8,15H,3,6,9-14H2,1-2H3,(H,20,21);1H. The Labute approximate surface area is 183 Å². The van der Waals surface area contributed by atoms with E-state index in [-0.39, 0.29) is 36.5 Å². The van der Waals surface area contributed by atoms with Crippen LogP contribution >= 0.6 is 35.7 Å². The number of ether oxygens (including phenoxy) is 1. The van der Waals surface area contributed by atoms with E-state index < -0.39 is 0 Å². The van der Waals surface area contributed by atoms with E-state index in [4.69, 9.17) is 4.74 Å². The van der Waals surface area contributed by atoms with Gasteiger partial charge in [-0.25, -0.2) is 0 Å². The number of carbonyl (C=O) groups excluding carboxylic acids is 1. The van der Waals surface area contributed by atoms with E-state index in [1.54, 1.807) is 0 Å². The molecule has 27 heavy (non-hydrogen) atoms. The number of aliphatic imine (C=N–C) groups is 1. The first-order valence-electron chi connectivity index (χ1n) is 9.32. The Morgan fingerprint density at radius 2 is 2.22 bits per heavy atom. The number of benzene rings is 1. The highest BCUT2D eigenvalue weighted by Crippen LogP contribution is 2.31. The number of hydrogen-bond acceptors (Lipinski definition) is 4. The summed E-state index contributed by atoms with van der Waals surface area (Å²) in [6.07, 6.45) is 2.05. The van der Waals surface area contributed by atoms with Crippen molar-refractivity contribution in [3.05, 3.63) is 24.3 Å². The van der Waals surface area contributed by atoms with Crippen LogP contribution in [0.2, 0.25) is 0 Å². The first-order chi connectivity index (χ1) is 12.7. The summed E-state index contributed by atoms with van der Waals surface area (Å²) in [5.41, 5.74) is 0.868. The Balaban J connectivity index is 0.00000261. The molecule has 2 aliphatic rings. The van der Waals surface area contributed by atoms with Crippen molar-refractivity contribution in [2.45, 2.75) is 25.0 Å². The first kappa shape index (κ1) is 22.1. The van der Waals surface area contributed by atoms with Gasteiger partial charge in [-0.3, -0.25) is 9.79 Å². The zero-order chi connectivity index (χ0) is 18.4. The molecule has 3 rings (SSSR count). The summed E-state index contributed by atoms with van der Waals surface area (Å²) >= 11 is 2.06. The van der Waals surface area contributed by atoms with Gasteiger partial charge in [-0.1, -0.05) is 19.1 Å². The highest BCUT2D eigenvalue weighted by Gasteiger charge is 2.25. The molecule has 150 valence electrons. The van der Waals surface area contributed by atoms with Crippen LogP contribution in [0.25, 0.3) is 0 Å². The summed E-state index contributed by atoms with van der Waals surface area (Å²) in [7, 11) is 1.84. The Bertz CT molecular complexity index is 658. The van der Waals surface area contributed by atoms with Crippen LogP contribution in [-0.2, 0) is 4.79 Å². The molecule has 0 saturated carbocycles. The van der Waals surface area contributed by atoms with Gasteiger partial charge in [0.1, 0.15) is 5.75 Å². The Kier molecular flexibility index (Phi) is 9.01. The van der Waals surface area contributed by atoms with E-state index in [0.29, 0.717) is 11.8 Å². The number of nitrogens with one attached hydrogen (secondary N) is 1. The van der Waals surface area contributed by atoms with Gasteiger partial charge in [0.15, 0.2) is 12.6 Å². The van der Waals surface area contributed by atoms with E-state index in [2.05, 4.69) is 33.9 Å². The van der Waals surface area contributed by atoms with Crippen LogP contribution in [0.15, 0.2) is 29.3 Å². The summed E-state index contributed by atoms with van der Waals surface area (Å²) < 4.78 is 5.49. The predicted molar refractivity (Wildman–Crippen MR) is 124 cm³/mol. The topological polar surface area (TPSA) is 57.2 Å². The molecule has 1 amide bonds. The van der Waals surface area contributed by atoms with Gasteiger partial charge in [0.2, 0.25) is 0 Å². The molecule has 1 saturated heterocycles. The molecule has 0 aromatic heterocycles. The van der Waals surface area contributed by atoms with E-state index >= 15 is 0 Å². The number of amides is 1. The Hall–Kier alpha value is -1.16. The second-order valence-electron chi connectivity index (χ2n) is 6.48. The van der Waals surface area contributed by atoms with E-state index in [1.165, 1.54) is 6.42 Å². The van der Waals surface area contributed by atoms with Crippen LogP contribution in [0.3, 0.4) is 0 Å². The molecular formula is C19H29IN4O2S.